The van der Waals surface area contributed by atoms with Gasteiger partial charge in [-0.2, -0.15) is 0 Å². The van der Waals surface area contributed by atoms with E-state index in [-0.39, 0.29) is 6.10 Å². The molecule has 2 aromatic carbocycles. The first-order chi connectivity index (χ1) is 10.3. The first-order valence-corrected chi connectivity index (χ1v) is 7.86. The maximum Gasteiger partial charge on any atom is 0.0787 e. The number of aliphatic hydroxyl groups is 1. The Labute approximate surface area is 127 Å². The number of anilines is 1. The van der Waals surface area contributed by atoms with Gasteiger partial charge in [0.2, 0.25) is 0 Å². The van der Waals surface area contributed by atoms with Crippen LogP contribution in [0, 0.1) is 0 Å². The lowest BCUT2D eigenvalue weighted by atomic mass is 9.99. The monoisotopic (exact) mass is 281 g/mol. The first kappa shape index (κ1) is 14.2. The van der Waals surface area contributed by atoms with Crippen molar-refractivity contribution in [1.29, 1.82) is 0 Å². The minimum absolute atomic E-state index is 0.338. The fraction of sp³-hybridized carbons (Fsp3) is 0.368. The molecule has 1 aliphatic heterocycles. The van der Waals surface area contributed by atoms with Crippen LogP contribution in [0.1, 0.15) is 42.9 Å². The van der Waals surface area contributed by atoms with Crippen molar-refractivity contribution < 1.29 is 5.11 Å². The van der Waals surface area contributed by atoms with Crippen molar-refractivity contribution >= 4 is 5.69 Å². The van der Waals surface area contributed by atoms with Crippen LogP contribution in [0.4, 0.5) is 5.69 Å². The molecule has 2 heteroatoms. The van der Waals surface area contributed by atoms with Crippen LogP contribution >= 0.6 is 0 Å². The third-order valence-electron chi connectivity index (χ3n) is 4.49. The summed E-state index contributed by atoms with van der Waals surface area (Å²) in [4.78, 5) is 2.44. The number of nitrogens with zero attached hydrogens (tertiary/aromatic N) is 1. The van der Waals surface area contributed by atoms with E-state index in [1.54, 1.807) is 0 Å². The number of hydrogen-bond acceptors (Lipinski definition) is 2. The lowest BCUT2D eigenvalue weighted by Gasteiger charge is -2.20. The zero-order valence-corrected chi connectivity index (χ0v) is 12.6. The molecule has 1 heterocycles. The largest absolute Gasteiger partial charge is 0.388 e. The van der Waals surface area contributed by atoms with Crippen molar-refractivity contribution in [1.82, 2.24) is 0 Å². The second-order valence-corrected chi connectivity index (χ2v) is 5.86. The van der Waals surface area contributed by atoms with Crippen LogP contribution in [-0.2, 0) is 0 Å². The van der Waals surface area contributed by atoms with Gasteiger partial charge in [0.05, 0.1) is 6.10 Å². The number of benzene rings is 2. The Morgan fingerprint density at radius 1 is 1.10 bits per heavy atom. The van der Waals surface area contributed by atoms with Gasteiger partial charge in [0.25, 0.3) is 0 Å². The Kier molecular flexibility index (Phi) is 4.26. The molecule has 0 amide bonds. The summed E-state index contributed by atoms with van der Waals surface area (Å²) in [7, 11) is 0. The van der Waals surface area contributed by atoms with Crippen molar-refractivity contribution in [3.63, 3.8) is 0 Å². The molecule has 0 radical (unpaired) electrons. The summed E-state index contributed by atoms with van der Waals surface area (Å²) in [6, 6.07) is 19.2. The van der Waals surface area contributed by atoms with Gasteiger partial charge in [0.1, 0.15) is 0 Å². The van der Waals surface area contributed by atoms with Crippen molar-refractivity contribution in [2.75, 3.05) is 18.0 Å². The van der Waals surface area contributed by atoms with Gasteiger partial charge < -0.3 is 10.0 Å². The Bertz CT molecular complexity index is 564. The summed E-state index contributed by atoms with van der Waals surface area (Å²) in [5.74, 6) is 0.632. The topological polar surface area (TPSA) is 23.5 Å². The van der Waals surface area contributed by atoms with E-state index in [9.17, 15) is 5.11 Å². The summed E-state index contributed by atoms with van der Waals surface area (Å²) < 4.78 is 0. The molecular weight excluding hydrogens is 258 g/mol. The molecule has 2 aromatic rings. The lowest BCUT2D eigenvalue weighted by molar-refractivity contribution is 0.173. The summed E-state index contributed by atoms with van der Waals surface area (Å²) >= 11 is 0. The molecule has 2 nitrogen and oxygen atoms in total. The first-order valence-electron chi connectivity index (χ1n) is 7.86. The highest BCUT2D eigenvalue weighted by Gasteiger charge is 2.23. The van der Waals surface area contributed by atoms with Crippen LogP contribution in [-0.4, -0.2) is 18.2 Å². The summed E-state index contributed by atoms with van der Waals surface area (Å²) in [5, 5.41) is 9.86. The molecule has 1 saturated heterocycles. The Balaban J connectivity index is 1.69. The van der Waals surface area contributed by atoms with Crippen LogP contribution in [0.15, 0.2) is 54.6 Å². The molecule has 1 aliphatic rings. The van der Waals surface area contributed by atoms with E-state index in [4.69, 9.17) is 0 Å². The van der Waals surface area contributed by atoms with Crippen LogP contribution in [0.5, 0.6) is 0 Å². The number of aliphatic hydroxyl groups excluding tert-OH is 1. The van der Waals surface area contributed by atoms with Crippen molar-refractivity contribution in [2.45, 2.75) is 31.8 Å². The summed E-state index contributed by atoms with van der Waals surface area (Å²) in [6.07, 6.45) is 1.64. The molecule has 3 rings (SSSR count). The fourth-order valence-electron chi connectivity index (χ4n) is 3.14. The highest BCUT2D eigenvalue weighted by Crippen LogP contribution is 2.31. The predicted molar refractivity (Wildman–Crippen MR) is 87.7 cm³/mol. The smallest absolute Gasteiger partial charge is 0.0787 e. The quantitative estimate of drug-likeness (QED) is 0.911. The van der Waals surface area contributed by atoms with Gasteiger partial charge in [-0.1, -0.05) is 49.4 Å². The van der Waals surface area contributed by atoms with Crippen molar-refractivity contribution in [3.8, 4) is 0 Å². The van der Waals surface area contributed by atoms with Gasteiger partial charge in [-0.3, -0.25) is 0 Å². The molecule has 1 fully saturated rings. The normalized spacial score (nSPS) is 19.7. The zero-order valence-electron chi connectivity index (χ0n) is 12.6. The fourth-order valence-corrected chi connectivity index (χ4v) is 3.14. The zero-order chi connectivity index (χ0) is 14.7. The molecule has 2 atom stereocenters. The van der Waals surface area contributed by atoms with Gasteiger partial charge in [-0.15, -0.1) is 0 Å². The molecule has 110 valence electrons. The third-order valence-corrected chi connectivity index (χ3v) is 4.49. The van der Waals surface area contributed by atoms with Gasteiger partial charge in [0, 0.05) is 24.7 Å². The Morgan fingerprint density at radius 2 is 1.81 bits per heavy atom. The highest BCUT2D eigenvalue weighted by molar-refractivity contribution is 5.49. The average Bonchev–Trinajstić information content (AvgIpc) is 3.05. The predicted octanol–water partition coefficient (Wildman–Crippen LogP) is 4.12. The highest BCUT2D eigenvalue weighted by atomic mass is 16.3. The minimum Gasteiger partial charge on any atom is -0.388 e. The standard InChI is InChI=1S/C19H23NO/c1-2-19(21)16-8-10-18(11-9-16)20-13-12-17(14-20)15-6-4-3-5-7-15/h3-11,17,19,21H,2,12-14H2,1H3. The van der Waals surface area contributed by atoms with E-state index in [1.807, 2.05) is 6.92 Å². The van der Waals surface area contributed by atoms with Gasteiger partial charge in [-0.25, -0.2) is 0 Å². The molecule has 2 unspecified atom stereocenters. The maximum absolute atomic E-state index is 9.86. The van der Waals surface area contributed by atoms with E-state index < -0.39 is 0 Å². The molecule has 0 aliphatic carbocycles. The Hall–Kier alpha value is -1.80. The van der Waals surface area contributed by atoms with Crippen LogP contribution in [0.3, 0.4) is 0 Å². The molecular formula is C19H23NO. The Morgan fingerprint density at radius 3 is 2.48 bits per heavy atom. The van der Waals surface area contributed by atoms with E-state index in [0.717, 1.165) is 25.1 Å². The molecule has 0 bridgehead atoms. The molecule has 0 spiro atoms. The summed E-state index contributed by atoms with van der Waals surface area (Å²) in [5.41, 5.74) is 3.72. The lowest BCUT2D eigenvalue weighted by Crippen LogP contribution is -2.19. The maximum atomic E-state index is 9.86. The minimum atomic E-state index is -0.338. The van der Waals surface area contributed by atoms with Gasteiger partial charge in [-0.05, 0) is 36.1 Å². The van der Waals surface area contributed by atoms with Gasteiger partial charge in [0.15, 0.2) is 0 Å². The SMILES string of the molecule is CCC(O)c1ccc(N2CCC(c3ccccc3)C2)cc1. The van der Waals surface area contributed by atoms with E-state index in [0.29, 0.717) is 5.92 Å². The molecule has 0 aromatic heterocycles. The van der Waals surface area contributed by atoms with Gasteiger partial charge >= 0.3 is 0 Å². The van der Waals surface area contributed by atoms with Crippen LogP contribution in [0.2, 0.25) is 0 Å². The van der Waals surface area contributed by atoms with E-state index in [2.05, 4.69) is 59.5 Å². The molecule has 1 N–H and O–H groups in total. The molecule has 21 heavy (non-hydrogen) atoms. The average molecular weight is 281 g/mol. The summed E-state index contributed by atoms with van der Waals surface area (Å²) in [6.45, 7) is 4.19. The second-order valence-electron chi connectivity index (χ2n) is 5.86. The number of hydrogen-bond donors (Lipinski definition) is 1. The third kappa shape index (κ3) is 3.11. The van der Waals surface area contributed by atoms with Crippen LogP contribution in [0.25, 0.3) is 0 Å². The van der Waals surface area contributed by atoms with Crippen molar-refractivity contribution in [3.05, 3.63) is 65.7 Å². The number of rotatable bonds is 4. The second kappa shape index (κ2) is 6.31. The van der Waals surface area contributed by atoms with E-state index in [1.165, 1.54) is 17.7 Å². The van der Waals surface area contributed by atoms with Crippen molar-refractivity contribution in [2.24, 2.45) is 0 Å². The molecule has 0 saturated carbocycles. The van der Waals surface area contributed by atoms with Crippen LogP contribution < -0.4 is 4.90 Å². The van der Waals surface area contributed by atoms with E-state index >= 15 is 0 Å².